The SMILES string of the molecule is CCC1(C)CC(Nc2ccc(C(C)C)cc2)CCO1. The summed E-state index contributed by atoms with van der Waals surface area (Å²) in [6, 6.07) is 9.39. The average Bonchev–Trinajstić information content (AvgIpc) is 2.39. The summed E-state index contributed by atoms with van der Waals surface area (Å²) in [5.74, 6) is 0.598. The zero-order valence-electron chi connectivity index (χ0n) is 12.7. The lowest BCUT2D eigenvalue weighted by Crippen LogP contribution is -2.41. The number of benzene rings is 1. The highest BCUT2D eigenvalue weighted by atomic mass is 16.5. The van der Waals surface area contributed by atoms with Gasteiger partial charge in [-0.1, -0.05) is 32.9 Å². The Hall–Kier alpha value is -1.02. The maximum Gasteiger partial charge on any atom is 0.0671 e. The zero-order chi connectivity index (χ0) is 13.9. The van der Waals surface area contributed by atoms with E-state index in [1.807, 2.05) is 0 Å². The van der Waals surface area contributed by atoms with Crippen molar-refractivity contribution in [2.24, 2.45) is 0 Å². The van der Waals surface area contributed by atoms with Gasteiger partial charge in [-0.25, -0.2) is 0 Å². The third-order valence-corrected chi connectivity index (χ3v) is 4.29. The number of ether oxygens (including phenoxy) is 1. The van der Waals surface area contributed by atoms with E-state index in [1.54, 1.807) is 0 Å². The van der Waals surface area contributed by atoms with Crippen LogP contribution in [0.2, 0.25) is 0 Å². The van der Waals surface area contributed by atoms with Crippen LogP contribution in [0.15, 0.2) is 24.3 Å². The number of hydrogen-bond donors (Lipinski definition) is 1. The van der Waals surface area contributed by atoms with E-state index in [4.69, 9.17) is 4.74 Å². The number of nitrogens with one attached hydrogen (secondary N) is 1. The monoisotopic (exact) mass is 261 g/mol. The molecule has 0 aromatic heterocycles. The molecule has 2 nitrogen and oxygen atoms in total. The maximum atomic E-state index is 5.89. The van der Waals surface area contributed by atoms with E-state index in [-0.39, 0.29) is 5.60 Å². The van der Waals surface area contributed by atoms with Gasteiger partial charge in [0.15, 0.2) is 0 Å². The lowest BCUT2D eigenvalue weighted by atomic mass is 9.89. The summed E-state index contributed by atoms with van der Waals surface area (Å²) < 4.78 is 5.89. The Balaban J connectivity index is 1.97. The fourth-order valence-corrected chi connectivity index (χ4v) is 2.70. The predicted octanol–water partition coefficient (Wildman–Crippen LogP) is 4.57. The van der Waals surface area contributed by atoms with Crippen molar-refractivity contribution in [1.82, 2.24) is 0 Å². The predicted molar refractivity (Wildman–Crippen MR) is 81.8 cm³/mol. The van der Waals surface area contributed by atoms with Crippen LogP contribution < -0.4 is 5.32 Å². The minimum atomic E-state index is 0.0494. The third kappa shape index (κ3) is 3.73. The van der Waals surface area contributed by atoms with Crippen LogP contribution >= 0.6 is 0 Å². The molecule has 106 valence electrons. The van der Waals surface area contributed by atoms with Crippen molar-refractivity contribution >= 4 is 5.69 Å². The molecule has 2 heteroatoms. The Kier molecular flexibility index (Phi) is 4.51. The fraction of sp³-hybridized carbons (Fsp3) is 0.647. The summed E-state index contributed by atoms with van der Waals surface area (Å²) in [4.78, 5) is 0. The van der Waals surface area contributed by atoms with Gasteiger partial charge >= 0.3 is 0 Å². The van der Waals surface area contributed by atoms with Crippen LogP contribution in [0.4, 0.5) is 5.69 Å². The van der Waals surface area contributed by atoms with E-state index >= 15 is 0 Å². The smallest absolute Gasteiger partial charge is 0.0671 e. The van der Waals surface area contributed by atoms with Gasteiger partial charge in [-0.05, 0) is 49.8 Å². The van der Waals surface area contributed by atoms with Crippen LogP contribution in [0.5, 0.6) is 0 Å². The van der Waals surface area contributed by atoms with Gasteiger partial charge in [-0.3, -0.25) is 0 Å². The molecular weight excluding hydrogens is 234 g/mol. The van der Waals surface area contributed by atoms with E-state index in [2.05, 4.69) is 57.3 Å². The fourth-order valence-electron chi connectivity index (χ4n) is 2.70. The first-order chi connectivity index (χ1) is 9.02. The van der Waals surface area contributed by atoms with Gasteiger partial charge in [0.05, 0.1) is 5.60 Å². The third-order valence-electron chi connectivity index (χ3n) is 4.29. The lowest BCUT2D eigenvalue weighted by molar-refractivity contribution is -0.0708. The van der Waals surface area contributed by atoms with E-state index in [0.717, 1.165) is 25.9 Å². The molecule has 1 aliphatic heterocycles. The Bertz CT molecular complexity index is 398. The summed E-state index contributed by atoms with van der Waals surface area (Å²) in [5, 5.41) is 3.66. The largest absolute Gasteiger partial charge is 0.382 e. The molecule has 0 saturated carbocycles. The first kappa shape index (κ1) is 14.4. The van der Waals surface area contributed by atoms with E-state index in [0.29, 0.717) is 12.0 Å². The Morgan fingerprint density at radius 1 is 1.32 bits per heavy atom. The Labute approximate surface area is 117 Å². The first-order valence-corrected chi connectivity index (χ1v) is 7.53. The highest BCUT2D eigenvalue weighted by Crippen LogP contribution is 2.29. The molecule has 2 rings (SSSR count). The molecule has 1 aromatic rings. The Morgan fingerprint density at radius 3 is 2.58 bits per heavy atom. The number of hydrogen-bond acceptors (Lipinski definition) is 2. The van der Waals surface area contributed by atoms with Crippen molar-refractivity contribution in [3.05, 3.63) is 29.8 Å². The van der Waals surface area contributed by atoms with Crippen molar-refractivity contribution in [2.75, 3.05) is 11.9 Å². The highest BCUT2D eigenvalue weighted by Gasteiger charge is 2.31. The second kappa shape index (κ2) is 5.96. The number of rotatable bonds is 4. The van der Waals surface area contributed by atoms with E-state index < -0.39 is 0 Å². The molecule has 1 saturated heterocycles. The van der Waals surface area contributed by atoms with Crippen molar-refractivity contribution in [2.45, 2.75) is 64.5 Å². The second-order valence-corrected chi connectivity index (χ2v) is 6.26. The van der Waals surface area contributed by atoms with Gasteiger partial charge in [0.25, 0.3) is 0 Å². The van der Waals surface area contributed by atoms with Gasteiger partial charge in [0.1, 0.15) is 0 Å². The minimum absolute atomic E-state index is 0.0494. The molecule has 19 heavy (non-hydrogen) atoms. The molecular formula is C17H27NO. The summed E-state index contributed by atoms with van der Waals surface area (Å²) in [6.07, 6.45) is 3.27. The van der Waals surface area contributed by atoms with Gasteiger partial charge in [0, 0.05) is 18.3 Å². The standard InChI is InChI=1S/C17H27NO/c1-5-17(4)12-16(10-11-19-17)18-15-8-6-14(7-9-15)13(2)3/h6-9,13,16,18H,5,10-12H2,1-4H3. The lowest BCUT2D eigenvalue weighted by Gasteiger charge is -2.38. The molecule has 1 fully saturated rings. The summed E-state index contributed by atoms with van der Waals surface area (Å²) >= 11 is 0. The number of anilines is 1. The molecule has 2 unspecified atom stereocenters. The van der Waals surface area contributed by atoms with Crippen LogP contribution in [0.1, 0.15) is 58.4 Å². The molecule has 0 spiro atoms. The molecule has 0 amide bonds. The molecule has 0 aliphatic carbocycles. The van der Waals surface area contributed by atoms with Gasteiger partial charge in [-0.2, -0.15) is 0 Å². The van der Waals surface area contributed by atoms with Crippen LogP contribution in [-0.4, -0.2) is 18.2 Å². The molecule has 0 radical (unpaired) electrons. The molecule has 1 heterocycles. The topological polar surface area (TPSA) is 21.3 Å². The highest BCUT2D eigenvalue weighted by molar-refractivity contribution is 5.46. The Morgan fingerprint density at radius 2 is 2.00 bits per heavy atom. The summed E-state index contributed by atoms with van der Waals surface area (Å²) in [6.45, 7) is 9.76. The zero-order valence-corrected chi connectivity index (χ0v) is 12.7. The molecule has 1 aliphatic rings. The molecule has 1 aromatic carbocycles. The van der Waals surface area contributed by atoms with Crippen molar-refractivity contribution in [3.63, 3.8) is 0 Å². The van der Waals surface area contributed by atoms with Gasteiger partial charge in [0.2, 0.25) is 0 Å². The van der Waals surface area contributed by atoms with E-state index in [9.17, 15) is 0 Å². The summed E-state index contributed by atoms with van der Waals surface area (Å²) in [7, 11) is 0. The molecule has 1 N–H and O–H groups in total. The minimum Gasteiger partial charge on any atom is -0.382 e. The van der Waals surface area contributed by atoms with Crippen LogP contribution in [0.25, 0.3) is 0 Å². The summed E-state index contributed by atoms with van der Waals surface area (Å²) in [5.41, 5.74) is 2.68. The maximum absolute atomic E-state index is 5.89. The van der Waals surface area contributed by atoms with Crippen molar-refractivity contribution < 1.29 is 4.74 Å². The first-order valence-electron chi connectivity index (χ1n) is 7.53. The normalized spacial score (nSPS) is 27.5. The second-order valence-electron chi connectivity index (χ2n) is 6.26. The van der Waals surface area contributed by atoms with Crippen molar-refractivity contribution in [3.8, 4) is 0 Å². The van der Waals surface area contributed by atoms with Crippen LogP contribution in [0.3, 0.4) is 0 Å². The molecule has 2 atom stereocenters. The van der Waals surface area contributed by atoms with Crippen LogP contribution in [0, 0.1) is 0 Å². The van der Waals surface area contributed by atoms with Gasteiger partial charge in [-0.15, -0.1) is 0 Å². The van der Waals surface area contributed by atoms with Gasteiger partial charge < -0.3 is 10.1 Å². The average molecular weight is 261 g/mol. The van der Waals surface area contributed by atoms with Crippen molar-refractivity contribution in [1.29, 1.82) is 0 Å². The van der Waals surface area contributed by atoms with E-state index in [1.165, 1.54) is 11.3 Å². The quantitative estimate of drug-likeness (QED) is 0.857. The molecule has 0 bridgehead atoms. The van der Waals surface area contributed by atoms with Crippen LogP contribution in [-0.2, 0) is 4.74 Å².